The minimum Gasteiger partial charge on any atom is -0.330 e. The highest BCUT2D eigenvalue weighted by Gasteiger charge is 2.31. The van der Waals surface area contributed by atoms with Crippen LogP contribution in [0.2, 0.25) is 0 Å². The summed E-state index contributed by atoms with van der Waals surface area (Å²) in [6.07, 6.45) is -2.63. The number of hydrogen-bond donors (Lipinski definition) is 2. The minimum absolute atomic E-state index is 0.166. The van der Waals surface area contributed by atoms with Crippen LogP contribution in [0.5, 0.6) is 0 Å². The molecule has 0 aliphatic carbocycles. The maximum atomic E-state index is 13.1. The molecule has 0 unspecified atom stereocenters. The molecule has 0 fully saturated rings. The number of nitrogens with two attached hydrogens (primary N) is 2. The van der Waals surface area contributed by atoms with Gasteiger partial charge in [0.2, 0.25) is 0 Å². The van der Waals surface area contributed by atoms with E-state index in [-0.39, 0.29) is 5.56 Å². The average molecular weight is 264 g/mol. The van der Waals surface area contributed by atoms with Gasteiger partial charge < -0.3 is 11.5 Å². The number of benzene rings is 1. The maximum absolute atomic E-state index is 13.1. The largest absolute Gasteiger partial charge is 0.416 e. The fourth-order valence-electron chi connectivity index (χ4n) is 1.67. The van der Waals surface area contributed by atoms with Crippen molar-refractivity contribution in [2.24, 2.45) is 11.5 Å². The van der Waals surface area contributed by atoms with Crippen LogP contribution in [0.4, 0.5) is 17.6 Å². The van der Waals surface area contributed by atoms with E-state index in [0.29, 0.717) is 25.5 Å². The molecule has 0 radical (unpaired) electrons. The van der Waals surface area contributed by atoms with E-state index in [2.05, 4.69) is 0 Å². The van der Waals surface area contributed by atoms with Gasteiger partial charge in [-0.25, -0.2) is 4.39 Å². The number of hydrogen-bond acceptors (Lipinski definition) is 2. The van der Waals surface area contributed by atoms with E-state index in [0.717, 1.165) is 18.6 Å². The average Bonchev–Trinajstić information content (AvgIpc) is 2.27. The van der Waals surface area contributed by atoms with Crippen molar-refractivity contribution in [1.29, 1.82) is 0 Å². The summed E-state index contributed by atoms with van der Waals surface area (Å²) in [6.45, 7) is 0.504. The van der Waals surface area contributed by atoms with E-state index >= 15 is 0 Å². The molecule has 18 heavy (non-hydrogen) atoms. The monoisotopic (exact) mass is 264 g/mol. The molecule has 0 aliphatic rings. The lowest BCUT2D eigenvalue weighted by Crippen LogP contribution is -2.14. The van der Waals surface area contributed by atoms with Gasteiger partial charge in [0.15, 0.2) is 0 Å². The molecule has 0 aromatic heterocycles. The normalized spacial score (nSPS) is 13.7. The Balaban J connectivity index is 2.85. The Bertz CT molecular complexity index is 390. The number of rotatable bonds is 5. The van der Waals surface area contributed by atoms with Gasteiger partial charge >= 0.3 is 6.18 Å². The third kappa shape index (κ3) is 4.27. The van der Waals surface area contributed by atoms with Gasteiger partial charge in [-0.15, -0.1) is 0 Å². The molecule has 4 N–H and O–H groups in total. The van der Waals surface area contributed by atoms with E-state index in [1.54, 1.807) is 0 Å². The van der Waals surface area contributed by atoms with Gasteiger partial charge in [0.1, 0.15) is 5.82 Å². The second kappa shape index (κ2) is 6.15. The summed E-state index contributed by atoms with van der Waals surface area (Å²) >= 11 is 0. The van der Waals surface area contributed by atoms with Crippen molar-refractivity contribution < 1.29 is 17.6 Å². The van der Waals surface area contributed by atoms with Crippen LogP contribution in [0.3, 0.4) is 0 Å². The Labute approximate surface area is 103 Å². The molecule has 0 heterocycles. The van der Waals surface area contributed by atoms with Crippen LogP contribution in [0.25, 0.3) is 0 Å². The molecule has 6 heteroatoms. The molecule has 0 saturated heterocycles. The molecule has 102 valence electrons. The molecular formula is C12H16F4N2. The van der Waals surface area contributed by atoms with Crippen molar-refractivity contribution in [3.63, 3.8) is 0 Å². The van der Waals surface area contributed by atoms with Gasteiger partial charge in [-0.2, -0.15) is 13.2 Å². The van der Waals surface area contributed by atoms with Crippen LogP contribution in [0.1, 0.15) is 36.4 Å². The van der Waals surface area contributed by atoms with Crippen molar-refractivity contribution in [2.45, 2.75) is 31.5 Å². The van der Waals surface area contributed by atoms with Crippen molar-refractivity contribution in [3.8, 4) is 0 Å². The zero-order valence-electron chi connectivity index (χ0n) is 9.80. The Morgan fingerprint density at radius 3 is 2.33 bits per heavy atom. The van der Waals surface area contributed by atoms with Crippen LogP contribution in [0, 0.1) is 5.82 Å². The topological polar surface area (TPSA) is 52.0 Å². The zero-order chi connectivity index (χ0) is 13.8. The van der Waals surface area contributed by atoms with E-state index < -0.39 is 23.6 Å². The van der Waals surface area contributed by atoms with Crippen molar-refractivity contribution in [1.82, 2.24) is 0 Å². The van der Waals surface area contributed by atoms with Gasteiger partial charge in [-0.1, -0.05) is 6.42 Å². The van der Waals surface area contributed by atoms with Crippen molar-refractivity contribution >= 4 is 0 Å². The summed E-state index contributed by atoms with van der Waals surface area (Å²) < 4.78 is 50.6. The fraction of sp³-hybridized carbons (Fsp3) is 0.500. The smallest absolute Gasteiger partial charge is 0.330 e. The third-order valence-corrected chi connectivity index (χ3v) is 2.64. The third-order valence-electron chi connectivity index (χ3n) is 2.64. The van der Waals surface area contributed by atoms with Gasteiger partial charge in [-0.3, -0.25) is 0 Å². The van der Waals surface area contributed by atoms with E-state index in [1.165, 1.54) is 0 Å². The molecule has 1 rings (SSSR count). The predicted octanol–water partition coefficient (Wildman–Crippen LogP) is 2.97. The molecule has 0 bridgehead atoms. The van der Waals surface area contributed by atoms with Crippen LogP contribution < -0.4 is 11.5 Å². The Morgan fingerprint density at radius 2 is 1.78 bits per heavy atom. The Kier molecular flexibility index (Phi) is 5.10. The zero-order valence-corrected chi connectivity index (χ0v) is 9.80. The molecular weight excluding hydrogens is 248 g/mol. The highest BCUT2D eigenvalue weighted by atomic mass is 19.4. The SMILES string of the molecule is NCCCC[C@H](N)c1cc(F)cc(C(F)(F)F)c1. The molecule has 1 atom stereocenters. The maximum Gasteiger partial charge on any atom is 0.416 e. The quantitative estimate of drug-likeness (QED) is 0.634. The predicted molar refractivity (Wildman–Crippen MR) is 61.2 cm³/mol. The number of unbranched alkanes of at least 4 members (excludes halogenated alkanes) is 1. The molecule has 0 spiro atoms. The van der Waals surface area contributed by atoms with Crippen LogP contribution in [-0.4, -0.2) is 6.54 Å². The molecule has 1 aromatic carbocycles. The number of alkyl halides is 3. The Morgan fingerprint density at radius 1 is 1.11 bits per heavy atom. The second-order valence-corrected chi connectivity index (χ2v) is 4.16. The molecule has 0 saturated carbocycles. The van der Waals surface area contributed by atoms with Gasteiger partial charge in [0.25, 0.3) is 0 Å². The molecule has 2 nitrogen and oxygen atoms in total. The van der Waals surface area contributed by atoms with Crippen molar-refractivity contribution in [2.75, 3.05) is 6.54 Å². The summed E-state index contributed by atoms with van der Waals surface area (Å²) in [5, 5.41) is 0. The van der Waals surface area contributed by atoms with Gasteiger partial charge in [0, 0.05) is 6.04 Å². The lowest BCUT2D eigenvalue weighted by atomic mass is 9.99. The summed E-state index contributed by atoms with van der Waals surface area (Å²) in [5.74, 6) is -0.922. The first kappa shape index (κ1) is 14.9. The van der Waals surface area contributed by atoms with E-state index in [4.69, 9.17) is 11.5 Å². The summed E-state index contributed by atoms with van der Waals surface area (Å²) in [4.78, 5) is 0. The lowest BCUT2D eigenvalue weighted by molar-refractivity contribution is -0.137. The first-order valence-corrected chi connectivity index (χ1v) is 5.68. The summed E-state index contributed by atoms with van der Waals surface area (Å²) in [7, 11) is 0. The first-order valence-electron chi connectivity index (χ1n) is 5.68. The van der Waals surface area contributed by atoms with Gasteiger partial charge in [-0.05, 0) is 43.1 Å². The van der Waals surface area contributed by atoms with E-state index in [1.807, 2.05) is 0 Å². The van der Waals surface area contributed by atoms with Crippen LogP contribution in [-0.2, 0) is 6.18 Å². The first-order chi connectivity index (χ1) is 8.34. The molecule has 0 aliphatic heterocycles. The van der Waals surface area contributed by atoms with E-state index in [9.17, 15) is 17.6 Å². The highest BCUT2D eigenvalue weighted by molar-refractivity contribution is 5.28. The van der Waals surface area contributed by atoms with Crippen LogP contribution >= 0.6 is 0 Å². The fourth-order valence-corrected chi connectivity index (χ4v) is 1.67. The molecule has 1 aromatic rings. The van der Waals surface area contributed by atoms with Crippen LogP contribution in [0.15, 0.2) is 18.2 Å². The highest BCUT2D eigenvalue weighted by Crippen LogP contribution is 2.32. The van der Waals surface area contributed by atoms with Gasteiger partial charge in [0.05, 0.1) is 5.56 Å². The Hall–Kier alpha value is -1.14. The summed E-state index contributed by atoms with van der Waals surface area (Å²) in [6, 6.07) is 1.81. The minimum atomic E-state index is -4.56. The second-order valence-electron chi connectivity index (χ2n) is 4.16. The summed E-state index contributed by atoms with van der Waals surface area (Å²) in [5.41, 5.74) is 10.2. The van der Waals surface area contributed by atoms with Crippen molar-refractivity contribution in [3.05, 3.63) is 35.1 Å². The standard InChI is InChI=1S/C12H16F4N2/c13-10-6-8(11(18)3-1-2-4-17)5-9(7-10)12(14,15)16/h5-7,11H,1-4,17-18H2/t11-/m0/s1. The molecule has 0 amide bonds. The number of halogens is 4. The lowest BCUT2D eigenvalue weighted by Gasteiger charge is -2.14.